The van der Waals surface area contributed by atoms with Crippen molar-refractivity contribution in [2.24, 2.45) is 0 Å². The van der Waals surface area contributed by atoms with Crippen molar-refractivity contribution in [3.05, 3.63) is 70.6 Å². The van der Waals surface area contributed by atoms with Crippen LogP contribution in [-0.2, 0) is 10.0 Å². The number of halogens is 2. The van der Waals surface area contributed by atoms with Crippen molar-refractivity contribution >= 4 is 27.3 Å². The second-order valence-electron chi connectivity index (χ2n) is 5.60. The van der Waals surface area contributed by atoms with Crippen LogP contribution in [0.3, 0.4) is 0 Å². The maximum Gasteiger partial charge on any atom is 0.263 e. The molecule has 132 valence electrons. The highest BCUT2D eigenvalue weighted by Gasteiger charge is 2.19. The third-order valence-electron chi connectivity index (χ3n) is 3.79. The average Bonchev–Trinajstić information content (AvgIpc) is 3.10. The molecule has 0 unspecified atom stereocenters. The van der Waals surface area contributed by atoms with Crippen LogP contribution in [0.25, 0.3) is 11.3 Å². The van der Waals surface area contributed by atoms with Crippen molar-refractivity contribution < 1.29 is 12.8 Å². The molecule has 3 rings (SSSR count). The van der Waals surface area contributed by atoms with Crippen LogP contribution < -0.4 is 4.72 Å². The molecule has 1 aromatic heterocycles. The number of H-pyrrole nitrogens is 1. The number of nitrogens with one attached hydrogen (secondary N) is 2. The first-order valence-corrected chi connectivity index (χ1v) is 9.34. The van der Waals surface area contributed by atoms with Gasteiger partial charge < -0.3 is 4.98 Å². The number of anilines is 1. The Morgan fingerprint density at radius 3 is 2.69 bits per heavy atom. The van der Waals surface area contributed by atoms with E-state index < -0.39 is 15.8 Å². The third kappa shape index (κ3) is 3.43. The largest absolute Gasteiger partial charge is 0.360 e. The van der Waals surface area contributed by atoms with Crippen molar-refractivity contribution in [1.29, 1.82) is 5.26 Å². The van der Waals surface area contributed by atoms with E-state index in [4.69, 9.17) is 16.9 Å². The van der Waals surface area contributed by atoms with Crippen molar-refractivity contribution in [1.82, 2.24) is 4.98 Å². The molecule has 2 aromatic carbocycles. The summed E-state index contributed by atoms with van der Waals surface area (Å²) in [6, 6.07) is 12.1. The van der Waals surface area contributed by atoms with Crippen LogP contribution in [0.1, 0.15) is 11.1 Å². The number of aromatic nitrogens is 1. The maximum absolute atomic E-state index is 13.9. The van der Waals surface area contributed by atoms with Crippen molar-refractivity contribution in [2.45, 2.75) is 11.8 Å². The second-order valence-corrected chi connectivity index (χ2v) is 7.66. The highest BCUT2D eigenvalue weighted by atomic mass is 35.5. The third-order valence-corrected chi connectivity index (χ3v) is 5.64. The van der Waals surface area contributed by atoms with Gasteiger partial charge in [-0.25, -0.2) is 12.8 Å². The molecule has 0 spiro atoms. The molecule has 0 aliphatic carbocycles. The zero-order valence-corrected chi connectivity index (χ0v) is 15.1. The van der Waals surface area contributed by atoms with Crippen molar-refractivity contribution in [3.8, 4) is 17.3 Å². The topological polar surface area (TPSA) is 85.8 Å². The summed E-state index contributed by atoms with van der Waals surface area (Å²) in [6.07, 6.45) is 1.30. The van der Waals surface area contributed by atoms with Crippen molar-refractivity contribution in [2.75, 3.05) is 4.72 Å². The number of hydrogen-bond donors (Lipinski definition) is 2. The van der Waals surface area contributed by atoms with Gasteiger partial charge >= 0.3 is 0 Å². The van der Waals surface area contributed by atoms with Gasteiger partial charge in [-0.2, -0.15) is 5.26 Å². The molecule has 0 amide bonds. The van der Waals surface area contributed by atoms with Crippen LogP contribution in [0.15, 0.2) is 53.6 Å². The first-order chi connectivity index (χ1) is 12.3. The average molecular weight is 390 g/mol. The Bertz CT molecular complexity index is 1130. The van der Waals surface area contributed by atoms with E-state index in [1.54, 1.807) is 12.1 Å². The van der Waals surface area contributed by atoms with E-state index in [2.05, 4.69) is 9.71 Å². The van der Waals surface area contributed by atoms with Crippen LogP contribution in [0.4, 0.5) is 10.1 Å². The van der Waals surface area contributed by atoms with Gasteiger partial charge in [0.1, 0.15) is 10.7 Å². The molecule has 8 heteroatoms. The van der Waals surface area contributed by atoms with Crippen molar-refractivity contribution in [3.63, 3.8) is 0 Å². The molecular weight excluding hydrogens is 377 g/mol. The summed E-state index contributed by atoms with van der Waals surface area (Å²) in [4.78, 5) is 2.81. The van der Waals surface area contributed by atoms with Crippen LogP contribution in [0.2, 0.25) is 5.02 Å². The quantitative estimate of drug-likeness (QED) is 0.690. The maximum atomic E-state index is 13.9. The van der Waals surface area contributed by atoms with Gasteiger partial charge in [-0.3, -0.25) is 4.72 Å². The van der Waals surface area contributed by atoms with E-state index >= 15 is 0 Å². The fourth-order valence-electron chi connectivity index (χ4n) is 2.41. The smallest absolute Gasteiger partial charge is 0.263 e. The Kier molecular flexibility index (Phi) is 4.72. The fourth-order valence-corrected chi connectivity index (χ4v) is 3.70. The lowest BCUT2D eigenvalue weighted by molar-refractivity contribution is 0.598. The predicted molar refractivity (Wildman–Crippen MR) is 97.9 cm³/mol. The summed E-state index contributed by atoms with van der Waals surface area (Å²) < 4.78 is 41.1. The zero-order chi connectivity index (χ0) is 18.9. The monoisotopic (exact) mass is 389 g/mol. The summed E-state index contributed by atoms with van der Waals surface area (Å²) in [5, 5.41) is 9.26. The summed E-state index contributed by atoms with van der Waals surface area (Å²) in [5.74, 6) is -0.829. The molecule has 1 heterocycles. The fraction of sp³-hybridized carbons (Fsp3) is 0.0556. The number of hydrogen-bond acceptors (Lipinski definition) is 3. The van der Waals surface area contributed by atoms with Gasteiger partial charge in [-0.05, 0) is 36.8 Å². The molecule has 0 aliphatic rings. The minimum Gasteiger partial charge on any atom is -0.360 e. The molecule has 0 atom stereocenters. The molecule has 26 heavy (non-hydrogen) atoms. The van der Waals surface area contributed by atoms with Gasteiger partial charge in [0.2, 0.25) is 0 Å². The highest BCUT2D eigenvalue weighted by molar-refractivity contribution is 7.92. The molecular formula is C18H13ClFN3O2S. The Morgan fingerprint density at radius 1 is 1.23 bits per heavy atom. The number of nitrogens with zero attached hydrogens (tertiary/aromatic N) is 1. The van der Waals surface area contributed by atoms with E-state index in [1.165, 1.54) is 24.4 Å². The molecule has 0 saturated carbocycles. The lowest BCUT2D eigenvalue weighted by atomic mass is 10.1. The molecule has 0 bridgehead atoms. The first kappa shape index (κ1) is 18.0. The van der Waals surface area contributed by atoms with Crippen LogP contribution >= 0.6 is 11.6 Å². The van der Waals surface area contributed by atoms with Gasteiger partial charge in [0, 0.05) is 17.5 Å². The molecule has 0 saturated heterocycles. The number of sulfonamides is 1. The standard InChI is InChI=1S/C18H13ClFN3O2S/c1-11-3-2-4-14(18(11)19)17-8-13(10-22-17)26(24,25)23-16-6-5-12(9-21)7-15(16)20/h2-8,10,22-23H,1H3. The summed E-state index contributed by atoms with van der Waals surface area (Å²) in [5.41, 5.74) is 1.92. The van der Waals surface area contributed by atoms with Gasteiger partial charge in [0.05, 0.1) is 22.3 Å². The highest BCUT2D eigenvalue weighted by Crippen LogP contribution is 2.31. The molecule has 0 radical (unpaired) electrons. The van der Waals surface area contributed by atoms with E-state index in [9.17, 15) is 12.8 Å². The van der Waals surface area contributed by atoms with Gasteiger partial charge in [-0.15, -0.1) is 0 Å². The van der Waals surface area contributed by atoms with E-state index in [1.807, 2.05) is 19.1 Å². The van der Waals surface area contributed by atoms with Gasteiger partial charge in [0.15, 0.2) is 0 Å². The normalized spacial score (nSPS) is 11.2. The number of aromatic amines is 1. The van der Waals surface area contributed by atoms with E-state index in [-0.39, 0.29) is 16.1 Å². The number of benzene rings is 2. The number of aryl methyl sites for hydroxylation is 1. The van der Waals surface area contributed by atoms with Gasteiger partial charge in [0.25, 0.3) is 10.0 Å². The Morgan fingerprint density at radius 2 is 2.00 bits per heavy atom. The SMILES string of the molecule is Cc1cccc(-c2cc(S(=O)(=O)Nc3ccc(C#N)cc3F)c[nH]2)c1Cl. The molecule has 2 N–H and O–H groups in total. The van der Waals surface area contributed by atoms with Crippen LogP contribution in [0.5, 0.6) is 0 Å². The minimum absolute atomic E-state index is 0.0613. The minimum atomic E-state index is -4.01. The van der Waals surface area contributed by atoms with E-state index in [0.717, 1.165) is 11.6 Å². The van der Waals surface area contributed by atoms with Crippen LogP contribution in [-0.4, -0.2) is 13.4 Å². The lowest BCUT2D eigenvalue weighted by Crippen LogP contribution is -2.13. The second kappa shape index (κ2) is 6.83. The van der Waals surface area contributed by atoms with Gasteiger partial charge in [-0.1, -0.05) is 29.8 Å². The van der Waals surface area contributed by atoms with E-state index in [0.29, 0.717) is 16.3 Å². The Balaban J connectivity index is 1.93. The first-order valence-electron chi connectivity index (χ1n) is 7.48. The lowest BCUT2D eigenvalue weighted by Gasteiger charge is -2.07. The summed E-state index contributed by atoms with van der Waals surface area (Å²) in [6.45, 7) is 1.85. The Hall–Kier alpha value is -2.82. The molecule has 0 aliphatic heterocycles. The summed E-state index contributed by atoms with van der Waals surface area (Å²) >= 11 is 6.27. The van der Waals surface area contributed by atoms with Crippen LogP contribution in [0, 0.1) is 24.1 Å². The molecule has 5 nitrogen and oxygen atoms in total. The molecule has 0 fully saturated rings. The predicted octanol–water partition coefficient (Wildman–Crippen LogP) is 4.46. The Labute approximate surface area is 155 Å². The number of rotatable bonds is 4. The molecule has 3 aromatic rings. The zero-order valence-electron chi connectivity index (χ0n) is 13.5. The number of nitriles is 1. The summed E-state index contributed by atoms with van der Waals surface area (Å²) in [7, 11) is -4.01.